The van der Waals surface area contributed by atoms with Crippen LogP contribution in [0.25, 0.3) is 0 Å². The highest BCUT2D eigenvalue weighted by molar-refractivity contribution is 5.92. The summed E-state index contributed by atoms with van der Waals surface area (Å²) in [5.41, 5.74) is 3.18. The number of nitrogens with zero attached hydrogens (tertiary/aromatic N) is 2. The lowest BCUT2D eigenvalue weighted by Gasteiger charge is -2.17. The third-order valence-corrected chi connectivity index (χ3v) is 4.74. The van der Waals surface area contributed by atoms with Gasteiger partial charge in [-0.05, 0) is 23.3 Å². The van der Waals surface area contributed by atoms with Crippen molar-refractivity contribution in [2.24, 2.45) is 0 Å². The fraction of sp³-hybridized carbons (Fsp3) is 0.190. The summed E-state index contributed by atoms with van der Waals surface area (Å²) < 4.78 is 13.3. The van der Waals surface area contributed by atoms with Gasteiger partial charge in [0.15, 0.2) is 5.82 Å². The van der Waals surface area contributed by atoms with Crippen LogP contribution < -0.4 is 10.6 Å². The largest absolute Gasteiger partial charge is 0.334 e. The van der Waals surface area contributed by atoms with Crippen LogP contribution in [-0.2, 0) is 30.8 Å². The van der Waals surface area contributed by atoms with Gasteiger partial charge in [-0.2, -0.15) is 5.10 Å². The highest BCUT2D eigenvalue weighted by Crippen LogP contribution is 2.27. The second kappa shape index (κ2) is 8.14. The molecule has 0 aliphatic carbocycles. The molecule has 3 N–H and O–H groups in total. The van der Waals surface area contributed by atoms with E-state index in [-0.39, 0.29) is 24.2 Å². The Balaban J connectivity index is 1.34. The van der Waals surface area contributed by atoms with E-state index in [1.807, 2.05) is 30.3 Å². The Morgan fingerprint density at radius 1 is 1.07 bits per heavy atom. The lowest BCUT2D eigenvalue weighted by atomic mass is 10.1. The Labute approximate surface area is 166 Å². The van der Waals surface area contributed by atoms with Gasteiger partial charge in [0.05, 0.1) is 25.2 Å². The van der Waals surface area contributed by atoms with E-state index in [1.54, 1.807) is 17.0 Å². The quantitative estimate of drug-likeness (QED) is 0.623. The smallest absolute Gasteiger partial charge is 0.318 e. The zero-order valence-electron chi connectivity index (χ0n) is 15.6. The summed E-state index contributed by atoms with van der Waals surface area (Å²) in [6.07, 6.45) is 0.0423. The van der Waals surface area contributed by atoms with Crippen LogP contribution in [0.15, 0.2) is 54.6 Å². The number of urea groups is 1. The molecular weight excluding hydrogens is 373 g/mol. The van der Waals surface area contributed by atoms with Gasteiger partial charge < -0.3 is 15.5 Å². The summed E-state index contributed by atoms with van der Waals surface area (Å²) in [7, 11) is 0. The molecule has 3 amide bonds. The van der Waals surface area contributed by atoms with Crippen LogP contribution in [-0.4, -0.2) is 27.0 Å². The summed E-state index contributed by atoms with van der Waals surface area (Å²) in [6, 6.07) is 15.4. The van der Waals surface area contributed by atoms with Crippen molar-refractivity contribution in [2.45, 2.75) is 26.1 Å². The van der Waals surface area contributed by atoms with Crippen LogP contribution in [0.5, 0.6) is 0 Å². The SMILES string of the molecule is O=C(Cc1cccc(F)c1)Nc1n[nH]c2c1CN(C(=O)NCc1ccccc1)C2. The highest BCUT2D eigenvalue weighted by Gasteiger charge is 2.28. The van der Waals surface area contributed by atoms with Crippen LogP contribution in [0.2, 0.25) is 0 Å². The minimum atomic E-state index is -0.381. The van der Waals surface area contributed by atoms with Gasteiger partial charge in [0.1, 0.15) is 5.82 Å². The van der Waals surface area contributed by atoms with Gasteiger partial charge in [-0.25, -0.2) is 9.18 Å². The summed E-state index contributed by atoms with van der Waals surface area (Å²) in [5.74, 6) is -0.273. The first-order valence-electron chi connectivity index (χ1n) is 9.25. The molecule has 0 unspecified atom stereocenters. The monoisotopic (exact) mass is 393 g/mol. The van der Waals surface area contributed by atoms with Crippen LogP contribution >= 0.6 is 0 Å². The average molecular weight is 393 g/mol. The van der Waals surface area contributed by atoms with Crippen molar-refractivity contribution in [1.82, 2.24) is 20.4 Å². The molecule has 2 aromatic carbocycles. The van der Waals surface area contributed by atoms with Crippen molar-refractivity contribution in [3.63, 3.8) is 0 Å². The van der Waals surface area contributed by atoms with Crippen LogP contribution in [0.4, 0.5) is 15.0 Å². The number of nitrogens with one attached hydrogen (secondary N) is 3. The van der Waals surface area contributed by atoms with Gasteiger partial charge in [0.2, 0.25) is 5.91 Å². The number of carbonyl (C=O) groups is 2. The minimum absolute atomic E-state index is 0.0423. The molecule has 1 aliphatic rings. The molecule has 1 aromatic heterocycles. The van der Waals surface area contributed by atoms with Gasteiger partial charge >= 0.3 is 6.03 Å². The van der Waals surface area contributed by atoms with E-state index in [0.717, 1.165) is 16.8 Å². The van der Waals surface area contributed by atoms with Crippen molar-refractivity contribution in [3.8, 4) is 0 Å². The standard InChI is InChI=1S/C21H20FN5O2/c22-16-8-4-7-15(9-16)10-19(28)24-20-17-12-27(13-18(17)25-26-20)21(29)23-11-14-5-2-1-3-6-14/h1-9H,10-13H2,(H,23,29)(H2,24,25,26,28). The van der Waals surface area contributed by atoms with Crippen molar-refractivity contribution < 1.29 is 14.0 Å². The van der Waals surface area contributed by atoms with Gasteiger partial charge in [-0.15, -0.1) is 0 Å². The Morgan fingerprint density at radius 2 is 1.86 bits per heavy atom. The lowest BCUT2D eigenvalue weighted by molar-refractivity contribution is -0.115. The molecule has 0 fully saturated rings. The number of aromatic amines is 1. The van der Waals surface area contributed by atoms with Crippen molar-refractivity contribution >= 4 is 17.8 Å². The third kappa shape index (κ3) is 4.43. The van der Waals surface area contributed by atoms with E-state index >= 15 is 0 Å². The second-order valence-electron chi connectivity index (χ2n) is 6.88. The number of hydrogen-bond donors (Lipinski definition) is 3. The van der Waals surface area contributed by atoms with Crippen LogP contribution in [0.1, 0.15) is 22.4 Å². The molecule has 4 rings (SSSR count). The molecule has 0 spiro atoms. The van der Waals surface area contributed by atoms with E-state index in [1.165, 1.54) is 12.1 Å². The number of aromatic nitrogens is 2. The first kappa shape index (κ1) is 18.7. The van der Waals surface area contributed by atoms with Crippen molar-refractivity contribution in [3.05, 3.63) is 82.8 Å². The maximum Gasteiger partial charge on any atom is 0.318 e. The molecule has 3 aromatic rings. The van der Waals surface area contributed by atoms with Gasteiger partial charge in [0, 0.05) is 12.1 Å². The molecule has 148 valence electrons. The van der Waals surface area contributed by atoms with Gasteiger partial charge in [0.25, 0.3) is 0 Å². The van der Waals surface area contributed by atoms with Crippen molar-refractivity contribution in [2.75, 3.05) is 5.32 Å². The fourth-order valence-electron chi connectivity index (χ4n) is 3.28. The number of hydrogen-bond acceptors (Lipinski definition) is 3. The first-order chi connectivity index (χ1) is 14.1. The van der Waals surface area contributed by atoms with E-state index in [2.05, 4.69) is 20.8 Å². The molecule has 1 aliphatic heterocycles. The lowest BCUT2D eigenvalue weighted by Crippen LogP contribution is -2.36. The number of fused-ring (bicyclic) bond motifs is 1. The van der Waals surface area contributed by atoms with E-state index in [4.69, 9.17) is 0 Å². The molecule has 7 nitrogen and oxygen atoms in total. The van der Waals surface area contributed by atoms with E-state index in [0.29, 0.717) is 31.0 Å². The summed E-state index contributed by atoms with van der Waals surface area (Å²) >= 11 is 0. The van der Waals surface area contributed by atoms with Crippen LogP contribution in [0.3, 0.4) is 0 Å². The molecule has 2 heterocycles. The number of anilines is 1. The molecule has 0 atom stereocenters. The number of carbonyl (C=O) groups excluding carboxylic acids is 2. The number of H-pyrrole nitrogens is 1. The molecule has 0 saturated heterocycles. The Morgan fingerprint density at radius 3 is 2.66 bits per heavy atom. The summed E-state index contributed by atoms with van der Waals surface area (Å²) in [5, 5.41) is 12.7. The number of benzene rings is 2. The molecule has 0 bridgehead atoms. The third-order valence-electron chi connectivity index (χ3n) is 4.74. The predicted molar refractivity (Wildman–Crippen MR) is 105 cm³/mol. The van der Waals surface area contributed by atoms with Gasteiger partial charge in [-0.1, -0.05) is 42.5 Å². The molecule has 0 saturated carbocycles. The fourth-order valence-corrected chi connectivity index (χ4v) is 3.28. The summed E-state index contributed by atoms with van der Waals surface area (Å²) in [6.45, 7) is 1.18. The van der Waals surface area contributed by atoms with E-state index in [9.17, 15) is 14.0 Å². The molecular formula is C21H20FN5O2. The average Bonchev–Trinajstić information content (AvgIpc) is 3.29. The Kier molecular flexibility index (Phi) is 5.24. The maximum absolute atomic E-state index is 13.3. The van der Waals surface area contributed by atoms with Gasteiger partial charge in [-0.3, -0.25) is 9.89 Å². The Bertz CT molecular complexity index is 1030. The highest BCUT2D eigenvalue weighted by atomic mass is 19.1. The predicted octanol–water partition coefficient (Wildman–Crippen LogP) is 2.96. The zero-order valence-corrected chi connectivity index (χ0v) is 15.6. The normalized spacial score (nSPS) is 12.5. The minimum Gasteiger partial charge on any atom is -0.334 e. The zero-order chi connectivity index (χ0) is 20.2. The molecule has 0 radical (unpaired) electrons. The topological polar surface area (TPSA) is 90.1 Å². The van der Waals surface area contributed by atoms with Crippen LogP contribution in [0, 0.1) is 5.82 Å². The summed E-state index contributed by atoms with van der Waals surface area (Å²) in [4.78, 5) is 26.4. The number of halogens is 1. The maximum atomic E-state index is 13.3. The molecule has 29 heavy (non-hydrogen) atoms. The number of amides is 3. The van der Waals surface area contributed by atoms with Crippen molar-refractivity contribution in [1.29, 1.82) is 0 Å². The Hall–Kier alpha value is -3.68. The number of rotatable bonds is 5. The first-order valence-corrected chi connectivity index (χ1v) is 9.25. The second-order valence-corrected chi connectivity index (χ2v) is 6.88. The van der Waals surface area contributed by atoms with E-state index < -0.39 is 0 Å². The molecule has 8 heteroatoms.